The number of methoxy groups -OCH3 is 2. The van der Waals surface area contributed by atoms with Gasteiger partial charge in [0.1, 0.15) is 11.5 Å². The maximum absolute atomic E-state index is 12.7. The normalized spacial score (nSPS) is 15.8. The Bertz CT molecular complexity index is 902. The Balaban J connectivity index is 1.77. The molecule has 1 fully saturated rings. The van der Waals surface area contributed by atoms with Crippen molar-refractivity contribution in [3.63, 3.8) is 0 Å². The van der Waals surface area contributed by atoms with Crippen molar-refractivity contribution in [2.24, 2.45) is 4.99 Å². The topological polar surface area (TPSA) is 68.2 Å². The average Bonchev–Trinajstić information content (AvgIpc) is 2.73. The summed E-state index contributed by atoms with van der Waals surface area (Å²) >= 11 is 0. The standard InChI is InChI=1S/C20H24N2O4S/c1-25-18-9-6-16(20(14-18)26-2)15-21-17-7-10-19(11-8-17)27(23,24)22-12-4-3-5-13-22/h6-11,14-15H,3-5,12-13H2,1-2H3. The van der Waals surface area contributed by atoms with Crippen LogP contribution in [0.5, 0.6) is 11.5 Å². The van der Waals surface area contributed by atoms with Crippen molar-refractivity contribution < 1.29 is 17.9 Å². The smallest absolute Gasteiger partial charge is 0.243 e. The Hall–Kier alpha value is -2.38. The van der Waals surface area contributed by atoms with Gasteiger partial charge in [0.25, 0.3) is 0 Å². The molecule has 2 aromatic carbocycles. The minimum atomic E-state index is -3.42. The van der Waals surface area contributed by atoms with E-state index in [4.69, 9.17) is 9.47 Å². The van der Waals surface area contributed by atoms with Gasteiger partial charge in [0.15, 0.2) is 0 Å². The maximum Gasteiger partial charge on any atom is 0.243 e. The van der Waals surface area contributed by atoms with Gasteiger partial charge in [0.05, 0.1) is 24.8 Å². The van der Waals surface area contributed by atoms with E-state index < -0.39 is 10.0 Å². The minimum absolute atomic E-state index is 0.311. The number of aliphatic imine (C=N–C) groups is 1. The second-order valence-corrected chi connectivity index (χ2v) is 8.26. The molecule has 1 aliphatic rings. The Morgan fingerprint density at radius 1 is 0.963 bits per heavy atom. The average molecular weight is 388 g/mol. The van der Waals surface area contributed by atoms with Crippen LogP contribution in [0.2, 0.25) is 0 Å². The number of nitrogens with zero attached hydrogens (tertiary/aromatic N) is 2. The summed E-state index contributed by atoms with van der Waals surface area (Å²) in [4.78, 5) is 4.73. The molecule has 0 bridgehead atoms. The second kappa shape index (κ2) is 8.54. The number of rotatable bonds is 6. The Morgan fingerprint density at radius 2 is 1.67 bits per heavy atom. The van der Waals surface area contributed by atoms with Crippen molar-refractivity contribution in [2.45, 2.75) is 24.2 Å². The fourth-order valence-electron chi connectivity index (χ4n) is 3.03. The van der Waals surface area contributed by atoms with Gasteiger partial charge in [0, 0.05) is 30.9 Å². The lowest BCUT2D eigenvalue weighted by atomic mass is 10.2. The van der Waals surface area contributed by atoms with E-state index in [-0.39, 0.29) is 0 Å². The number of hydrogen-bond donors (Lipinski definition) is 0. The van der Waals surface area contributed by atoms with Crippen LogP contribution in [0.4, 0.5) is 5.69 Å². The first-order chi connectivity index (χ1) is 13.0. The Labute approximate surface area is 160 Å². The molecule has 0 N–H and O–H groups in total. The summed E-state index contributed by atoms with van der Waals surface area (Å²) < 4.78 is 37.5. The van der Waals surface area contributed by atoms with Crippen molar-refractivity contribution in [2.75, 3.05) is 27.3 Å². The Kier molecular flexibility index (Phi) is 6.13. The molecule has 0 spiro atoms. The van der Waals surface area contributed by atoms with Crippen LogP contribution in [-0.2, 0) is 10.0 Å². The third kappa shape index (κ3) is 4.48. The van der Waals surface area contributed by atoms with Gasteiger partial charge in [0.2, 0.25) is 10.0 Å². The zero-order chi connectivity index (χ0) is 19.3. The highest BCUT2D eigenvalue weighted by molar-refractivity contribution is 7.89. The molecule has 2 aromatic rings. The highest BCUT2D eigenvalue weighted by atomic mass is 32.2. The van der Waals surface area contributed by atoms with Gasteiger partial charge >= 0.3 is 0 Å². The Morgan fingerprint density at radius 3 is 2.30 bits per heavy atom. The second-order valence-electron chi connectivity index (χ2n) is 6.32. The van der Waals surface area contributed by atoms with E-state index >= 15 is 0 Å². The van der Waals surface area contributed by atoms with Gasteiger partial charge in [-0.3, -0.25) is 4.99 Å². The van der Waals surface area contributed by atoms with E-state index in [1.807, 2.05) is 12.1 Å². The largest absolute Gasteiger partial charge is 0.497 e. The van der Waals surface area contributed by atoms with Gasteiger partial charge in [-0.1, -0.05) is 6.42 Å². The molecule has 0 aromatic heterocycles. The first kappa shape index (κ1) is 19.4. The zero-order valence-corrected chi connectivity index (χ0v) is 16.4. The van der Waals surface area contributed by atoms with E-state index in [1.165, 1.54) is 0 Å². The highest BCUT2D eigenvalue weighted by Crippen LogP contribution is 2.25. The fourth-order valence-corrected chi connectivity index (χ4v) is 4.54. The molecule has 1 saturated heterocycles. The minimum Gasteiger partial charge on any atom is -0.497 e. The van der Waals surface area contributed by atoms with Crippen LogP contribution in [-0.4, -0.2) is 46.2 Å². The quantitative estimate of drug-likeness (QED) is 0.709. The van der Waals surface area contributed by atoms with Crippen molar-refractivity contribution in [3.8, 4) is 11.5 Å². The summed E-state index contributed by atoms with van der Waals surface area (Å²) in [6.45, 7) is 1.19. The molecule has 0 radical (unpaired) electrons. The molecule has 7 heteroatoms. The molecule has 3 rings (SSSR count). The lowest BCUT2D eigenvalue weighted by molar-refractivity contribution is 0.346. The summed E-state index contributed by atoms with van der Waals surface area (Å²) in [5.41, 5.74) is 1.48. The number of ether oxygens (including phenoxy) is 2. The molecule has 0 saturated carbocycles. The first-order valence-corrected chi connectivity index (χ1v) is 10.3. The van der Waals surface area contributed by atoms with E-state index in [1.54, 1.807) is 55.1 Å². The lowest BCUT2D eigenvalue weighted by Crippen LogP contribution is -2.35. The summed E-state index contributed by atoms with van der Waals surface area (Å²) in [6.07, 6.45) is 4.62. The van der Waals surface area contributed by atoms with Gasteiger partial charge < -0.3 is 9.47 Å². The van der Waals surface area contributed by atoms with E-state index in [0.29, 0.717) is 35.2 Å². The van der Waals surface area contributed by atoms with Crippen LogP contribution in [0.1, 0.15) is 24.8 Å². The van der Waals surface area contributed by atoms with Crippen LogP contribution in [0, 0.1) is 0 Å². The van der Waals surface area contributed by atoms with Gasteiger partial charge in [-0.2, -0.15) is 4.31 Å². The van der Waals surface area contributed by atoms with Crippen molar-refractivity contribution in [1.82, 2.24) is 4.31 Å². The van der Waals surface area contributed by atoms with Crippen LogP contribution in [0.15, 0.2) is 52.4 Å². The molecular weight excluding hydrogens is 364 g/mol. The molecule has 0 amide bonds. The fraction of sp³-hybridized carbons (Fsp3) is 0.350. The highest BCUT2D eigenvalue weighted by Gasteiger charge is 2.25. The number of piperidine rings is 1. The van der Waals surface area contributed by atoms with Crippen molar-refractivity contribution in [1.29, 1.82) is 0 Å². The molecule has 0 atom stereocenters. The number of benzene rings is 2. The summed E-state index contributed by atoms with van der Waals surface area (Å²) in [7, 11) is -0.228. The van der Waals surface area contributed by atoms with Crippen LogP contribution in [0.25, 0.3) is 0 Å². The van der Waals surface area contributed by atoms with Gasteiger partial charge in [-0.25, -0.2) is 8.42 Å². The maximum atomic E-state index is 12.7. The lowest BCUT2D eigenvalue weighted by Gasteiger charge is -2.25. The first-order valence-electron chi connectivity index (χ1n) is 8.91. The molecule has 1 heterocycles. The van der Waals surface area contributed by atoms with Crippen molar-refractivity contribution >= 4 is 21.9 Å². The van der Waals surface area contributed by atoms with Crippen LogP contribution in [0.3, 0.4) is 0 Å². The molecule has 27 heavy (non-hydrogen) atoms. The molecule has 0 unspecified atom stereocenters. The SMILES string of the molecule is COc1ccc(C=Nc2ccc(S(=O)(=O)N3CCCCC3)cc2)c(OC)c1. The third-order valence-corrected chi connectivity index (χ3v) is 6.50. The van der Waals surface area contributed by atoms with E-state index in [9.17, 15) is 8.42 Å². The summed E-state index contributed by atoms with van der Waals surface area (Å²) in [5.74, 6) is 1.36. The molecular formula is C20H24N2O4S. The number of sulfonamides is 1. The molecule has 1 aliphatic heterocycles. The molecule has 144 valence electrons. The summed E-state index contributed by atoms with van der Waals surface area (Å²) in [6, 6.07) is 12.1. The predicted molar refractivity (Wildman–Crippen MR) is 106 cm³/mol. The van der Waals surface area contributed by atoms with Crippen LogP contribution >= 0.6 is 0 Å². The summed E-state index contributed by atoms with van der Waals surface area (Å²) in [5, 5.41) is 0. The van der Waals surface area contributed by atoms with E-state index in [0.717, 1.165) is 24.8 Å². The van der Waals surface area contributed by atoms with E-state index in [2.05, 4.69) is 4.99 Å². The monoisotopic (exact) mass is 388 g/mol. The van der Waals surface area contributed by atoms with Gasteiger partial charge in [-0.15, -0.1) is 0 Å². The van der Waals surface area contributed by atoms with Crippen LogP contribution < -0.4 is 9.47 Å². The van der Waals surface area contributed by atoms with Gasteiger partial charge in [-0.05, 0) is 49.2 Å². The number of hydrogen-bond acceptors (Lipinski definition) is 5. The predicted octanol–water partition coefficient (Wildman–Crippen LogP) is 3.63. The zero-order valence-electron chi connectivity index (χ0n) is 15.6. The molecule has 6 nitrogen and oxygen atoms in total. The van der Waals surface area contributed by atoms with Crippen molar-refractivity contribution in [3.05, 3.63) is 48.0 Å². The third-order valence-electron chi connectivity index (χ3n) is 4.58. The molecule has 0 aliphatic carbocycles.